The van der Waals surface area contributed by atoms with Gasteiger partial charge in [-0.05, 0) is 32.4 Å². The van der Waals surface area contributed by atoms with E-state index in [1.54, 1.807) is 6.20 Å². The van der Waals surface area contributed by atoms with Gasteiger partial charge < -0.3 is 14.8 Å². The van der Waals surface area contributed by atoms with Crippen molar-refractivity contribution in [2.24, 2.45) is 5.92 Å². The second-order valence-corrected chi connectivity index (χ2v) is 5.10. The van der Waals surface area contributed by atoms with Gasteiger partial charge in [-0.1, -0.05) is 13.8 Å². The van der Waals surface area contributed by atoms with E-state index in [-0.39, 0.29) is 6.10 Å². The van der Waals surface area contributed by atoms with Crippen LogP contribution in [0.2, 0.25) is 0 Å². The molecule has 1 aromatic heterocycles. The Morgan fingerprint density at radius 3 is 2.79 bits per heavy atom. The second kappa shape index (κ2) is 8.88. The monoisotopic (exact) mass is 266 g/mol. The molecule has 1 atom stereocenters. The molecule has 4 nitrogen and oxygen atoms in total. The number of pyridine rings is 1. The molecule has 0 bridgehead atoms. The topological polar surface area (TPSA) is 43.4 Å². The lowest BCUT2D eigenvalue weighted by Gasteiger charge is -2.15. The summed E-state index contributed by atoms with van der Waals surface area (Å²) < 4.78 is 11.1. The lowest BCUT2D eigenvalue weighted by Crippen LogP contribution is -2.21. The molecule has 0 aliphatic heterocycles. The molecule has 1 heterocycles. The van der Waals surface area contributed by atoms with Crippen LogP contribution in [0.1, 0.15) is 33.4 Å². The highest BCUT2D eigenvalue weighted by molar-refractivity contribution is 5.22. The van der Waals surface area contributed by atoms with Crippen molar-refractivity contribution in [2.75, 3.05) is 19.8 Å². The van der Waals surface area contributed by atoms with Gasteiger partial charge in [-0.15, -0.1) is 0 Å². The number of ether oxygens (including phenoxy) is 2. The molecule has 0 aromatic carbocycles. The Labute approximate surface area is 116 Å². The number of nitrogens with one attached hydrogen (secondary N) is 1. The standard InChI is InChI=1S/C15H26N2O2/c1-5-18-11-13(4)19-15-6-7-17-14(8-15)10-16-9-12(2)3/h6-8,12-13,16H,5,9-11H2,1-4H3. The molecule has 0 saturated carbocycles. The van der Waals surface area contributed by atoms with E-state index in [0.717, 1.165) is 24.5 Å². The fourth-order valence-corrected chi connectivity index (χ4v) is 1.67. The minimum atomic E-state index is 0.0545. The van der Waals surface area contributed by atoms with Gasteiger partial charge in [0.25, 0.3) is 0 Å². The molecule has 0 amide bonds. The molecular formula is C15H26N2O2. The average Bonchev–Trinajstić information content (AvgIpc) is 2.36. The van der Waals surface area contributed by atoms with Crippen LogP contribution in [0, 0.1) is 5.92 Å². The molecular weight excluding hydrogens is 240 g/mol. The average molecular weight is 266 g/mol. The van der Waals surface area contributed by atoms with Gasteiger partial charge >= 0.3 is 0 Å². The van der Waals surface area contributed by atoms with Crippen LogP contribution in [0.25, 0.3) is 0 Å². The van der Waals surface area contributed by atoms with Gasteiger partial charge in [0.1, 0.15) is 11.9 Å². The van der Waals surface area contributed by atoms with Gasteiger partial charge in [0.2, 0.25) is 0 Å². The van der Waals surface area contributed by atoms with Crippen LogP contribution in [0.3, 0.4) is 0 Å². The molecule has 1 rings (SSSR count). The number of hydrogen-bond acceptors (Lipinski definition) is 4. The first-order valence-electron chi connectivity index (χ1n) is 7.01. The predicted octanol–water partition coefficient (Wildman–Crippen LogP) is 2.63. The Morgan fingerprint density at radius 2 is 2.11 bits per heavy atom. The van der Waals surface area contributed by atoms with E-state index >= 15 is 0 Å². The quantitative estimate of drug-likeness (QED) is 0.746. The van der Waals surface area contributed by atoms with Crippen LogP contribution in [0.4, 0.5) is 0 Å². The number of rotatable bonds is 9. The number of aromatic nitrogens is 1. The molecule has 108 valence electrons. The van der Waals surface area contributed by atoms with E-state index in [1.807, 2.05) is 26.0 Å². The minimum Gasteiger partial charge on any atom is -0.488 e. The van der Waals surface area contributed by atoms with Gasteiger partial charge in [-0.3, -0.25) is 4.98 Å². The van der Waals surface area contributed by atoms with E-state index in [2.05, 4.69) is 24.1 Å². The Kier molecular flexibility index (Phi) is 7.45. The first-order valence-corrected chi connectivity index (χ1v) is 7.01. The van der Waals surface area contributed by atoms with Crippen molar-refractivity contribution in [3.63, 3.8) is 0 Å². The van der Waals surface area contributed by atoms with Gasteiger partial charge in [-0.25, -0.2) is 0 Å². The van der Waals surface area contributed by atoms with Crippen molar-refractivity contribution >= 4 is 0 Å². The van der Waals surface area contributed by atoms with Crippen LogP contribution < -0.4 is 10.1 Å². The summed E-state index contributed by atoms with van der Waals surface area (Å²) in [4.78, 5) is 4.33. The third kappa shape index (κ3) is 7.13. The van der Waals surface area contributed by atoms with Crippen molar-refractivity contribution in [3.05, 3.63) is 24.0 Å². The largest absolute Gasteiger partial charge is 0.488 e. The van der Waals surface area contributed by atoms with E-state index in [4.69, 9.17) is 9.47 Å². The maximum atomic E-state index is 5.79. The molecule has 0 fully saturated rings. The predicted molar refractivity (Wildman–Crippen MR) is 77.4 cm³/mol. The van der Waals surface area contributed by atoms with Crippen LogP contribution in [0.5, 0.6) is 5.75 Å². The third-order valence-corrected chi connectivity index (χ3v) is 2.54. The van der Waals surface area contributed by atoms with Gasteiger partial charge in [-0.2, -0.15) is 0 Å². The molecule has 0 aliphatic rings. The highest BCUT2D eigenvalue weighted by Crippen LogP contribution is 2.13. The zero-order valence-corrected chi connectivity index (χ0v) is 12.5. The fourth-order valence-electron chi connectivity index (χ4n) is 1.67. The maximum Gasteiger partial charge on any atom is 0.123 e. The molecule has 0 spiro atoms. The SMILES string of the molecule is CCOCC(C)Oc1ccnc(CNCC(C)C)c1. The maximum absolute atomic E-state index is 5.79. The smallest absolute Gasteiger partial charge is 0.123 e. The van der Waals surface area contributed by atoms with Crippen LogP contribution in [-0.2, 0) is 11.3 Å². The van der Waals surface area contributed by atoms with Crippen molar-refractivity contribution in [3.8, 4) is 5.75 Å². The fraction of sp³-hybridized carbons (Fsp3) is 0.667. The van der Waals surface area contributed by atoms with Crippen LogP contribution in [0.15, 0.2) is 18.3 Å². The summed E-state index contributed by atoms with van der Waals surface area (Å²) >= 11 is 0. The molecule has 0 aliphatic carbocycles. The Morgan fingerprint density at radius 1 is 1.32 bits per heavy atom. The molecule has 19 heavy (non-hydrogen) atoms. The zero-order chi connectivity index (χ0) is 14.1. The summed E-state index contributed by atoms with van der Waals surface area (Å²) in [5.74, 6) is 1.49. The van der Waals surface area contributed by atoms with Crippen molar-refractivity contribution < 1.29 is 9.47 Å². The van der Waals surface area contributed by atoms with E-state index in [0.29, 0.717) is 19.1 Å². The molecule has 1 aromatic rings. The number of nitrogens with zero attached hydrogens (tertiary/aromatic N) is 1. The molecule has 1 unspecified atom stereocenters. The first-order chi connectivity index (χ1) is 9.11. The molecule has 1 N–H and O–H groups in total. The van der Waals surface area contributed by atoms with Crippen LogP contribution >= 0.6 is 0 Å². The Bertz CT molecular complexity index is 356. The summed E-state index contributed by atoms with van der Waals surface area (Å²) in [6, 6.07) is 3.87. The second-order valence-electron chi connectivity index (χ2n) is 5.10. The Hall–Kier alpha value is -1.13. The summed E-state index contributed by atoms with van der Waals surface area (Å²) in [5.41, 5.74) is 1.00. The van der Waals surface area contributed by atoms with E-state index in [9.17, 15) is 0 Å². The zero-order valence-electron chi connectivity index (χ0n) is 12.5. The summed E-state index contributed by atoms with van der Waals surface area (Å²) in [7, 11) is 0. The van der Waals surface area contributed by atoms with Gasteiger partial charge in [0, 0.05) is 25.4 Å². The summed E-state index contributed by atoms with van der Waals surface area (Å²) in [6.45, 7) is 11.5. The lowest BCUT2D eigenvalue weighted by molar-refractivity contribution is 0.0656. The highest BCUT2D eigenvalue weighted by atomic mass is 16.5. The van der Waals surface area contributed by atoms with E-state index in [1.165, 1.54) is 0 Å². The van der Waals surface area contributed by atoms with E-state index < -0.39 is 0 Å². The van der Waals surface area contributed by atoms with Crippen molar-refractivity contribution in [2.45, 2.75) is 40.3 Å². The van der Waals surface area contributed by atoms with Crippen molar-refractivity contribution in [1.82, 2.24) is 10.3 Å². The minimum absolute atomic E-state index is 0.0545. The van der Waals surface area contributed by atoms with Crippen LogP contribution in [-0.4, -0.2) is 30.8 Å². The summed E-state index contributed by atoms with van der Waals surface area (Å²) in [5, 5.41) is 3.37. The normalized spacial score (nSPS) is 12.7. The first kappa shape index (κ1) is 15.9. The molecule has 4 heteroatoms. The van der Waals surface area contributed by atoms with Crippen molar-refractivity contribution in [1.29, 1.82) is 0 Å². The van der Waals surface area contributed by atoms with Gasteiger partial charge in [0.15, 0.2) is 0 Å². The highest BCUT2D eigenvalue weighted by Gasteiger charge is 2.05. The lowest BCUT2D eigenvalue weighted by atomic mass is 10.2. The molecule has 0 radical (unpaired) electrons. The summed E-state index contributed by atoms with van der Waals surface area (Å²) in [6.07, 6.45) is 1.84. The Balaban J connectivity index is 2.42. The van der Waals surface area contributed by atoms with Gasteiger partial charge in [0.05, 0.1) is 12.3 Å². The molecule has 0 saturated heterocycles. The number of hydrogen-bond donors (Lipinski definition) is 1. The third-order valence-electron chi connectivity index (χ3n) is 2.54.